The van der Waals surface area contributed by atoms with Gasteiger partial charge in [0.2, 0.25) is 6.29 Å². The van der Waals surface area contributed by atoms with Gasteiger partial charge >= 0.3 is 26.3 Å². The number of H-pyrrole nitrogens is 1. The summed E-state index contributed by atoms with van der Waals surface area (Å²) in [6.45, 7) is -4.29. The van der Waals surface area contributed by atoms with Gasteiger partial charge in [-0.25, -0.2) is 37.7 Å². The van der Waals surface area contributed by atoms with E-state index in [2.05, 4.69) is 15.0 Å². The molecule has 3 aliphatic rings. The second-order valence-electron chi connectivity index (χ2n) is 11.4. The lowest BCUT2D eigenvalue weighted by atomic mass is 10.1. The molecule has 278 valence electrons. The summed E-state index contributed by atoms with van der Waals surface area (Å²) in [4.78, 5) is 60.4. The summed E-state index contributed by atoms with van der Waals surface area (Å²) in [5, 5.41) is 0. The van der Waals surface area contributed by atoms with Crippen molar-refractivity contribution in [3.63, 3.8) is 0 Å². The third-order valence-corrected chi connectivity index (χ3v) is 12.5. The fourth-order valence-corrected chi connectivity index (χ4v) is 9.92. The highest BCUT2D eigenvalue weighted by Gasteiger charge is 2.57. The van der Waals surface area contributed by atoms with E-state index in [-0.39, 0.29) is 28.5 Å². The molecule has 0 amide bonds. The predicted octanol–water partition coefficient (Wildman–Crippen LogP) is 2.27. The van der Waals surface area contributed by atoms with E-state index in [0.29, 0.717) is 21.5 Å². The summed E-state index contributed by atoms with van der Waals surface area (Å²) in [6.07, 6.45) is -13.1. The fourth-order valence-electron chi connectivity index (χ4n) is 5.56. The molecule has 3 aliphatic heterocycles. The monoisotopic (exact) mass is 789 g/mol. The van der Waals surface area contributed by atoms with Crippen molar-refractivity contribution < 1.29 is 59.9 Å². The zero-order valence-electron chi connectivity index (χ0n) is 26.4. The SMILES string of the molecule is CC(=O)Oc1ccc(CSP2(=O)OC[C@H]3O[C@@H](n4ccc(=O)[nH]c4=O)[C@H](OP(=O)(O)O[C@H]4O[C@@H](n5cnc6c(N)ncnc65)[C@H](F)[C@@H]4O2)[C@@H]3F)cc1. The number of aromatic nitrogens is 6. The molecule has 25 heteroatoms. The number of nitrogen functional groups attached to an aromatic ring is 1. The van der Waals surface area contributed by atoms with E-state index in [0.717, 1.165) is 29.5 Å². The first-order valence-corrected chi connectivity index (χ1v) is 19.7. The maximum atomic E-state index is 16.5. The van der Waals surface area contributed by atoms with Crippen molar-refractivity contribution in [2.75, 3.05) is 12.3 Å². The second kappa shape index (κ2) is 14.2. The van der Waals surface area contributed by atoms with Gasteiger partial charge in [0.15, 0.2) is 42.4 Å². The summed E-state index contributed by atoms with van der Waals surface area (Å²) in [6, 6.07) is 6.93. The van der Waals surface area contributed by atoms with E-state index in [1.165, 1.54) is 19.1 Å². The number of halogens is 2. The highest BCUT2D eigenvalue weighted by Crippen LogP contribution is 2.65. The van der Waals surface area contributed by atoms with E-state index in [4.69, 9.17) is 38.0 Å². The topological polar surface area (TPSA) is 261 Å². The van der Waals surface area contributed by atoms with Gasteiger partial charge in [0.1, 0.15) is 29.8 Å². The highest BCUT2D eigenvalue weighted by atomic mass is 32.7. The Balaban J connectivity index is 1.24. The minimum absolute atomic E-state index is 0.00387. The Kier molecular flexibility index (Phi) is 9.93. The molecule has 20 nitrogen and oxygen atoms in total. The van der Waals surface area contributed by atoms with E-state index >= 15 is 8.78 Å². The molecule has 4 N–H and O–H groups in total. The van der Waals surface area contributed by atoms with Crippen molar-refractivity contribution in [2.24, 2.45) is 0 Å². The smallest absolute Gasteiger partial charge is 0.427 e. The maximum Gasteiger partial charge on any atom is 0.475 e. The van der Waals surface area contributed by atoms with Crippen LogP contribution in [0.5, 0.6) is 5.75 Å². The molecular formula is C27H27F2N7O13P2S. The number of ether oxygens (including phenoxy) is 3. The standard InChI is InChI=1S/C27H27F2N7O13P2S/c1-12(37)44-14-4-2-13(3-5-14)9-52-51(42)43-8-15-17(28)20(25(45-15)35-7-6-16(38)34-27(35)39)47-50(40,41)49-26-21(48-51)18(29)24(46-26)36-11-33-19-22(30)31-10-32-23(19)36/h2-7,10-11,15,17-18,20-21,24-26H,8-9H2,1H3,(H,40,41)(H2,30,31,32)(H,34,38,39)/t15-,17-,18-,20-,21+,24-,25-,26-,51?/m1/s1. The molecule has 7 rings (SSSR count). The molecule has 3 saturated heterocycles. The number of carbonyl (C=O) groups is 1. The number of carbonyl (C=O) groups excluding carboxylic acids is 1. The Morgan fingerprint density at radius 3 is 2.54 bits per heavy atom. The summed E-state index contributed by atoms with van der Waals surface area (Å²) in [5.41, 5.74) is 4.55. The van der Waals surface area contributed by atoms with Crippen molar-refractivity contribution in [3.05, 3.63) is 75.6 Å². The maximum absolute atomic E-state index is 16.5. The van der Waals surface area contributed by atoms with Gasteiger partial charge in [0, 0.05) is 24.9 Å². The number of aromatic amines is 1. The van der Waals surface area contributed by atoms with Crippen LogP contribution in [0.1, 0.15) is 24.9 Å². The molecule has 1 aromatic carbocycles. The van der Waals surface area contributed by atoms with Gasteiger partial charge in [0.25, 0.3) is 5.56 Å². The number of nitrogens with two attached hydrogens (primary N) is 1. The Morgan fingerprint density at radius 2 is 1.81 bits per heavy atom. The zero-order chi connectivity index (χ0) is 36.9. The number of nitrogens with one attached hydrogen (secondary N) is 1. The number of phosphoric acid groups is 1. The molecule has 2 unspecified atom stereocenters. The first kappa shape index (κ1) is 36.5. The van der Waals surface area contributed by atoms with Crippen LogP contribution in [0, 0.1) is 0 Å². The Labute approximate surface area is 293 Å². The number of esters is 1. The van der Waals surface area contributed by atoms with Gasteiger partial charge < -0.3 is 24.8 Å². The van der Waals surface area contributed by atoms with Crippen LogP contribution in [0.15, 0.2) is 58.8 Å². The first-order chi connectivity index (χ1) is 24.7. The van der Waals surface area contributed by atoms with Gasteiger partial charge in [0.05, 0.1) is 12.9 Å². The normalized spacial score (nSPS) is 33.6. The Morgan fingerprint density at radius 1 is 1.04 bits per heavy atom. The Bertz CT molecular complexity index is 2210. The van der Waals surface area contributed by atoms with Gasteiger partial charge in [-0.2, -0.15) is 0 Å². The number of anilines is 1. The summed E-state index contributed by atoms with van der Waals surface area (Å²) < 4.78 is 100. The molecule has 10 atom stereocenters. The average molecular weight is 790 g/mol. The average Bonchev–Trinajstić information content (AvgIpc) is 3.73. The third kappa shape index (κ3) is 7.33. The van der Waals surface area contributed by atoms with Crippen molar-refractivity contribution in [3.8, 4) is 5.75 Å². The molecule has 2 bridgehead atoms. The number of hydrogen-bond acceptors (Lipinski definition) is 17. The van der Waals surface area contributed by atoms with Crippen molar-refractivity contribution in [2.45, 2.75) is 62.1 Å². The van der Waals surface area contributed by atoms with Crippen molar-refractivity contribution in [1.82, 2.24) is 29.1 Å². The van der Waals surface area contributed by atoms with Crippen LogP contribution in [0.2, 0.25) is 0 Å². The second-order valence-corrected chi connectivity index (χ2v) is 16.8. The van der Waals surface area contributed by atoms with E-state index in [9.17, 15) is 28.4 Å². The van der Waals surface area contributed by atoms with Crippen LogP contribution in [-0.2, 0) is 47.2 Å². The van der Waals surface area contributed by atoms with Crippen LogP contribution in [0.3, 0.4) is 0 Å². The number of fused-ring (bicyclic) bond motifs is 4. The number of alkyl halides is 2. The number of imidazole rings is 1. The highest BCUT2D eigenvalue weighted by molar-refractivity contribution is 8.54. The largest absolute Gasteiger partial charge is 0.475 e. The molecule has 0 spiro atoms. The molecule has 4 aromatic rings. The number of phosphoric ester groups is 1. The number of benzene rings is 1. The van der Waals surface area contributed by atoms with Crippen LogP contribution in [0.4, 0.5) is 14.6 Å². The van der Waals surface area contributed by atoms with Gasteiger partial charge in [-0.1, -0.05) is 12.1 Å². The lowest BCUT2D eigenvalue weighted by Gasteiger charge is -2.28. The van der Waals surface area contributed by atoms with Gasteiger partial charge in [-0.15, -0.1) is 0 Å². The Hall–Kier alpha value is -3.89. The van der Waals surface area contributed by atoms with Crippen LogP contribution in [-0.4, -0.2) is 83.5 Å². The lowest BCUT2D eigenvalue weighted by molar-refractivity contribution is -0.137. The van der Waals surface area contributed by atoms with Crippen LogP contribution < -0.4 is 21.7 Å². The summed E-state index contributed by atoms with van der Waals surface area (Å²) in [7, 11) is -5.50. The quantitative estimate of drug-likeness (QED) is 0.144. The molecule has 0 radical (unpaired) electrons. The van der Waals surface area contributed by atoms with Crippen LogP contribution >= 0.6 is 26.0 Å². The molecule has 0 saturated carbocycles. The lowest BCUT2D eigenvalue weighted by Crippen LogP contribution is -2.38. The van der Waals surface area contributed by atoms with Gasteiger partial charge in [-0.3, -0.25) is 41.8 Å². The number of rotatable bonds is 6. The van der Waals surface area contributed by atoms with Crippen molar-refractivity contribution in [1.29, 1.82) is 0 Å². The molecule has 3 aromatic heterocycles. The minimum atomic E-state index is -5.50. The molecule has 0 aliphatic carbocycles. The van der Waals surface area contributed by atoms with Gasteiger partial charge in [-0.05, 0) is 29.1 Å². The fraction of sp³-hybridized carbons (Fsp3) is 0.407. The minimum Gasteiger partial charge on any atom is -0.427 e. The first-order valence-electron chi connectivity index (χ1n) is 15.1. The summed E-state index contributed by atoms with van der Waals surface area (Å²) in [5.74, 6) is -0.491. The molecule has 52 heavy (non-hydrogen) atoms. The van der Waals surface area contributed by atoms with E-state index < -0.39 is 87.8 Å². The number of nitrogens with zero attached hydrogens (tertiary/aromatic N) is 5. The zero-order valence-corrected chi connectivity index (χ0v) is 29.0. The molecule has 6 heterocycles. The molecular weight excluding hydrogens is 762 g/mol. The predicted molar refractivity (Wildman–Crippen MR) is 172 cm³/mol. The molecule has 3 fully saturated rings. The third-order valence-electron chi connectivity index (χ3n) is 7.89. The van der Waals surface area contributed by atoms with E-state index in [1.807, 2.05) is 4.98 Å². The summed E-state index contributed by atoms with van der Waals surface area (Å²) >= 11 is 0.539. The van der Waals surface area contributed by atoms with Crippen LogP contribution in [0.25, 0.3) is 11.2 Å². The van der Waals surface area contributed by atoms with Crippen molar-refractivity contribution >= 4 is 49.0 Å². The van der Waals surface area contributed by atoms with E-state index in [1.54, 1.807) is 12.1 Å². The number of hydrogen-bond donors (Lipinski definition) is 3.